The van der Waals surface area contributed by atoms with Crippen LogP contribution in [0, 0.1) is 17.1 Å². The van der Waals surface area contributed by atoms with Gasteiger partial charge in [-0.2, -0.15) is 5.26 Å². The van der Waals surface area contributed by atoms with E-state index < -0.39 is 23.8 Å². The molecule has 1 unspecified atom stereocenters. The first-order valence-corrected chi connectivity index (χ1v) is 11.1. The summed E-state index contributed by atoms with van der Waals surface area (Å²) in [5.41, 5.74) is 2.03. The number of hydrogen-bond donors (Lipinski definition) is 3. The molecule has 0 aliphatic carbocycles. The molecule has 3 atom stereocenters. The summed E-state index contributed by atoms with van der Waals surface area (Å²) in [5, 5.41) is 22.0. The first-order valence-electron chi connectivity index (χ1n) is 10.3. The van der Waals surface area contributed by atoms with Crippen molar-refractivity contribution in [3.05, 3.63) is 68.6 Å². The number of thiazole rings is 1. The lowest BCUT2D eigenvalue weighted by molar-refractivity contribution is -0.122. The molecule has 0 saturated carbocycles. The van der Waals surface area contributed by atoms with Gasteiger partial charge in [0.05, 0.1) is 33.9 Å². The van der Waals surface area contributed by atoms with Gasteiger partial charge < -0.3 is 20.3 Å². The summed E-state index contributed by atoms with van der Waals surface area (Å²) in [6.45, 7) is 1.53. The van der Waals surface area contributed by atoms with Gasteiger partial charge in [-0.05, 0) is 47.9 Å². The molecule has 3 aromatic rings. The number of halogens is 2. The van der Waals surface area contributed by atoms with Crippen LogP contribution in [0.2, 0.25) is 0 Å². The fraction of sp³-hybridized carbons (Fsp3) is 0.348. The number of nitrogens with one attached hydrogen (secondary N) is 2. The lowest BCUT2D eigenvalue weighted by Crippen LogP contribution is -2.36. The van der Waals surface area contributed by atoms with Crippen LogP contribution in [0.15, 0.2) is 41.2 Å². The predicted molar refractivity (Wildman–Crippen MR) is 127 cm³/mol. The Morgan fingerprint density at radius 2 is 2.15 bits per heavy atom. The van der Waals surface area contributed by atoms with Crippen molar-refractivity contribution in [3.8, 4) is 6.07 Å². The summed E-state index contributed by atoms with van der Waals surface area (Å²) in [6.07, 6.45) is 0.190. The summed E-state index contributed by atoms with van der Waals surface area (Å²) >= 11 is 1.09. The van der Waals surface area contributed by atoms with Gasteiger partial charge in [-0.1, -0.05) is 17.4 Å². The molecule has 2 heterocycles. The van der Waals surface area contributed by atoms with Crippen molar-refractivity contribution in [2.45, 2.75) is 24.4 Å². The monoisotopic (exact) mass is 490 g/mol. The molecule has 0 radical (unpaired) electrons. The number of nitrogens with zero attached hydrogens (tertiary/aromatic N) is 2. The number of benzene rings is 2. The van der Waals surface area contributed by atoms with E-state index in [0.717, 1.165) is 22.1 Å². The minimum atomic E-state index is -0.695. The summed E-state index contributed by atoms with van der Waals surface area (Å²) in [5.74, 6) is -1.97. The van der Waals surface area contributed by atoms with Crippen molar-refractivity contribution in [2.75, 3.05) is 26.7 Å². The number of hydrogen-bond acceptors (Lipinski definition) is 6. The van der Waals surface area contributed by atoms with E-state index in [1.165, 1.54) is 6.07 Å². The SMILES string of the molecule is CNC(=O)C(c1ccc2sc(=O)[nH]c2c1)[C@H](CN1CC[C@H](O)C1)c1cc(F)cc(C#N)c1.Cl. The first-order chi connectivity index (χ1) is 15.4. The highest BCUT2D eigenvalue weighted by molar-refractivity contribution is 7.16. The molecule has 1 aliphatic heterocycles. The van der Waals surface area contributed by atoms with Crippen LogP contribution in [-0.2, 0) is 4.79 Å². The number of aliphatic hydroxyl groups excluding tert-OH is 1. The number of carbonyl (C=O) groups is 1. The fourth-order valence-electron chi connectivity index (χ4n) is 4.44. The van der Waals surface area contributed by atoms with Crippen molar-refractivity contribution in [1.29, 1.82) is 5.26 Å². The third-order valence-electron chi connectivity index (χ3n) is 5.91. The number of aromatic amines is 1. The van der Waals surface area contributed by atoms with E-state index in [-0.39, 0.29) is 28.8 Å². The van der Waals surface area contributed by atoms with Gasteiger partial charge in [0.2, 0.25) is 5.91 Å². The summed E-state index contributed by atoms with van der Waals surface area (Å²) < 4.78 is 15.2. The zero-order chi connectivity index (χ0) is 22.8. The molecule has 0 bridgehead atoms. The Kier molecular flexibility index (Phi) is 7.87. The quantitative estimate of drug-likeness (QED) is 0.492. The van der Waals surface area contributed by atoms with E-state index in [2.05, 4.69) is 10.3 Å². The zero-order valence-corrected chi connectivity index (χ0v) is 19.5. The molecule has 1 saturated heterocycles. The molecule has 2 aromatic carbocycles. The van der Waals surface area contributed by atoms with Gasteiger partial charge in [0.25, 0.3) is 0 Å². The molecule has 1 fully saturated rings. The molecule has 1 aliphatic rings. The van der Waals surface area contributed by atoms with Crippen LogP contribution in [0.3, 0.4) is 0 Å². The van der Waals surface area contributed by atoms with E-state index >= 15 is 0 Å². The molecule has 7 nitrogen and oxygen atoms in total. The van der Waals surface area contributed by atoms with E-state index in [9.17, 15) is 24.3 Å². The van der Waals surface area contributed by atoms with Gasteiger partial charge in [0.1, 0.15) is 5.82 Å². The van der Waals surface area contributed by atoms with Gasteiger partial charge in [0, 0.05) is 32.6 Å². The van der Waals surface area contributed by atoms with Gasteiger partial charge >= 0.3 is 4.87 Å². The molecule has 10 heteroatoms. The maximum absolute atomic E-state index is 14.4. The Morgan fingerprint density at radius 1 is 1.36 bits per heavy atom. The normalized spacial score (nSPS) is 17.8. The maximum Gasteiger partial charge on any atom is 0.305 e. The minimum Gasteiger partial charge on any atom is -0.392 e. The van der Waals surface area contributed by atoms with Crippen molar-refractivity contribution < 1.29 is 14.3 Å². The maximum atomic E-state index is 14.4. The van der Waals surface area contributed by atoms with E-state index in [1.807, 2.05) is 17.0 Å². The molecule has 3 N–H and O–H groups in total. The number of aromatic nitrogens is 1. The second-order valence-corrected chi connectivity index (χ2v) is 9.07. The number of likely N-dealkylation sites (N-methyl/N-ethyl adjacent to an activating group) is 1. The number of fused-ring (bicyclic) bond motifs is 1. The van der Waals surface area contributed by atoms with Crippen LogP contribution >= 0.6 is 23.7 Å². The van der Waals surface area contributed by atoms with Gasteiger partial charge in [-0.15, -0.1) is 12.4 Å². The van der Waals surface area contributed by atoms with Crippen molar-refractivity contribution in [2.24, 2.45) is 0 Å². The lowest BCUT2D eigenvalue weighted by Gasteiger charge is -2.30. The molecule has 4 rings (SSSR count). The van der Waals surface area contributed by atoms with Crippen LogP contribution in [0.4, 0.5) is 4.39 Å². The predicted octanol–water partition coefficient (Wildman–Crippen LogP) is 2.70. The van der Waals surface area contributed by atoms with E-state index in [1.54, 1.807) is 25.2 Å². The van der Waals surface area contributed by atoms with Gasteiger partial charge in [-0.25, -0.2) is 4.39 Å². The van der Waals surface area contributed by atoms with E-state index in [4.69, 9.17) is 0 Å². The largest absolute Gasteiger partial charge is 0.392 e. The number of aliphatic hydroxyl groups is 1. The second kappa shape index (κ2) is 10.4. The smallest absolute Gasteiger partial charge is 0.305 e. The number of carbonyl (C=O) groups excluding carboxylic acids is 1. The average molecular weight is 491 g/mol. The molecule has 33 heavy (non-hydrogen) atoms. The zero-order valence-electron chi connectivity index (χ0n) is 17.9. The third-order valence-corrected chi connectivity index (χ3v) is 6.78. The summed E-state index contributed by atoms with van der Waals surface area (Å²) in [7, 11) is 1.54. The van der Waals surface area contributed by atoms with Crippen molar-refractivity contribution in [1.82, 2.24) is 15.2 Å². The highest BCUT2D eigenvalue weighted by Crippen LogP contribution is 2.37. The first kappa shape index (κ1) is 24.9. The van der Waals surface area contributed by atoms with Gasteiger partial charge in [0.15, 0.2) is 0 Å². The topological polar surface area (TPSA) is 109 Å². The molecule has 1 amide bonds. The van der Waals surface area contributed by atoms with Crippen LogP contribution in [-0.4, -0.2) is 53.7 Å². The number of likely N-dealkylation sites (tertiary alicyclic amines) is 1. The van der Waals surface area contributed by atoms with Gasteiger partial charge in [-0.3, -0.25) is 9.59 Å². The highest BCUT2D eigenvalue weighted by atomic mass is 35.5. The highest BCUT2D eigenvalue weighted by Gasteiger charge is 2.34. The number of β-amino-alcohol motifs (C(OH)–C–C–N with tert-alkyl or cyclic N) is 1. The number of H-pyrrole nitrogens is 1. The Labute approximate surface area is 200 Å². The van der Waals surface area contributed by atoms with Crippen LogP contribution in [0.1, 0.15) is 34.9 Å². The lowest BCUT2D eigenvalue weighted by atomic mass is 9.79. The summed E-state index contributed by atoms with van der Waals surface area (Å²) in [6, 6.07) is 11.5. The second-order valence-electron chi connectivity index (χ2n) is 8.06. The fourth-order valence-corrected chi connectivity index (χ4v) is 5.15. The average Bonchev–Trinajstić information content (AvgIpc) is 3.35. The summed E-state index contributed by atoms with van der Waals surface area (Å²) in [4.78, 5) is 29.6. The minimum absolute atomic E-state index is 0. The molecule has 174 valence electrons. The standard InChI is InChI=1S/C23H23FN4O3S.ClH/c1-26-22(30)21(14-2-3-20-19(9-14)27-23(31)32-20)18(12-28-5-4-17(29)11-28)15-6-13(10-25)7-16(24)8-15;/h2-3,6-9,17-18,21,29H,4-5,11-12H2,1H3,(H,26,30)(H,27,31);1H/t17-,18+,21?;/m0./s1. The molecular weight excluding hydrogens is 467 g/mol. The number of rotatable bonds is 6. The number of nitriles is 1. The Morgan fingerprint density at radius 3 is 2.82 bits per heavy atom. The van der Waals surface area contributed by atoms with E-state index in [0.29, 0.717) is 42.7 Å². The number of amides is 1. The van der Waals surface area contributed by atoms with Crippen LogP contribution < -0.4 is 10.2 Å². The van der Waals surface area contributed by atoms with Crippen LogP contribution in [0.25, 0.3) is 10.2 Å². The van der Waals surface area contributed by atoms with Crippen LogP contribution in [0.5, 0.6) is 0 Å². The Hall–Kier alpha value is -2.77. The van der Waals surface area contributed by atoms with Crippen molar-refractivity contribution >= 4 is 39.9 Å². The molecule has 0 spiro atoms. The molecule has 1 aromatic heterocycles. The Balaban J connectivity index is 0.00000306. The molecular formula is C23H24ClFN4O3S. The Bertz CT molecular complexity index is 1250. The van der Waals surface area contributed by atoms with Crippen molar-refractivity contribution in [3.63, 3.8) is 0 Å². The third kappa shape index (κ3) is 5.42.